The highest BCUT2D eigenvalue weighted by molar-refractivity contribution is 5.90. The number of aliphatic carboxylic acids is 1. The van der Waals surface area contributed by atoms with Crippen molar-refractivity contribution in [1.29, 1.82) is 0 Å². The molecule has 0 aliphatic heterocycles. The van der Waals surface area contributed by atoms with Crippen molar-refractivity contribution in [3.63, 3.8) is 0 Å². The standard InChI is InChI=1S/C16H14O2/c1-2-6-14(16(17)18)11-13-9-5-8-12-7-3-4-10-15(12)13/h2-10H,1,11H2,(H,17,18). The number of carbonyl (C=O) groups is 1. The Kier molecular flexibility index (Phi) is 3.58. The molecule has 1 N–H and O–H groups in total. The van der Waals surface area contributed by atoms with E-state index in [0.717, 1.165) is 16.3 Å². The van der Waals surface area contributed by atoms with Crippen molar-refractivity contribution in [2.75, 3.05) is 0 Å². The number of hydrogen-bond donors (Lipinski definition) is 1. The zero-order valence-electron chi connectivity index (χ0n) is 9.97. The molecule has 0 atom stereocenters. The van der Waals surface area contributed by atoms with Crippen LogP contribution in [0.25, 0.3) is 10.8 Å². The van der Waals surface area contributed by atoms with E-state index in [2.05, 4.69) is 6.58 Å². The Balaban J connectivity index is 2.46. The van der Waals surface area contributed by atoms with Crippen LogP contribution in [0.5, 0.6) is 0 Å². The quantitative estimate of drug-likeness (QED) is 0.653. The number of carboxylic acids is 1. The maximum atomic E-state index is 11.1. The Labute approximate surface area is 106 Å². The summed E-state index contributed by atoms with van der Waals surface area (Å²) in [5.74, 6) is -0.900. The molecule has 2 heteroatoms. The monoisotopic (exact) mass is 238 g/mol. The molecule has 0 saturated heterocycles. The van der Waals surface area contributed by atoms with Gasteiger partial charge in [0.2, 0.25) is 0 Å². The van der Waals surface area contributed by atoms with E-state index in [1.165, 1.54) is 6.08 Å². The third kappa shape index (κ3) is 2.48. The summed E-state index contributed by atoms with van der Waals surface area (Å²) in [6.45, 7) is 3.55. The molecule has 90 valence electrons. The van der Waals surface area contributed by atoms with Gasteiger partial charge in [0.1, 0.15) is 0 Å². The van der Waals surface area contributed by atoms with Crippen LogP contribution < -0.4 is 0 Å². The Hall–Kier alpha value is -2.35. The molecule has 0 aliphatic carbocycles. The van der Waals surface area contributed by atoms with E-state index >= 15 is 0 Å². The average Bonchev–Trinajstić information content (AvgIpc) is 2.38. The van der Waals surface area contributed by atoms with Gasteiger partial charge < -0.3 is 5.11 Å². The second kappa shape index (κ2) is 5.32. The molecule has 0 spiro atoms. The summed E-state index contributed by atoms with van der Waals surface area (Å²) in [6.07, 6.45) is 3.46. The Bertz CT molecular complexity index is 619. The SMILES string of the molecule is C=CC=C(Cc1cccc2ccccc12)C(=O)O. The van der Waals surface area contributed by atoms with Crippen LogP contribution in [0.4, 0.5) is 0 Å². The average molecular weight is 238 g/mol. The van der Waals surface area contributed by atoms with E-state index in [9.17, 15) is 4.79 Å². The molecular weight excluding hydrogens is 224 g/mol. The minimum Gasteiger partial charge on any atom is -0.478 e. The number of allylic oxidation sites excluding steroid dienone is 2. The molecule has 0 bridgehead atoms. The van der Waals surface area contributed by atoms with Gasteiger partial charge in [0, 0.05) is 12.0 Å². The lowest BCUT2D eigenvalue weighted by molar-refractivity contribution is -0.132. The van der Waals surface area contributed by atoms with Crippen molar-refractivity contribution < 1.29 is 9.90 Å². The van der Waals surface area contributed by atoms with E-state index in [0.29, 0.717) is 12.0 Å². The predicted octanol–water partition coefficient (Wildman–Crippen LogP) is 3.58. The zero-order valence-corrected chi connectivity index (χ0v) is 9.97. The van der Waals surface area contributed by atoms with Gasteiger partial charge >= 0.3 is 5.97 Å². The Morgan fingerprint density at radius 1 is 1.17 bits per heavy atom. The van der Waals surface area contributed by atoms with Crippen molar-refractivity contribution in [3.05, 3.63) is 72.3 Å². The van der Waals surface area contributed by atoms with E-state index in [4.69, 9.17) is 5.11 Å². The number of carboxylic acid groups (broad SMARTS) is 1. The third-order valence-corrected chi connectivity index (χ3v) is 2.85. The lowest BCUT2D eigenvalue weighted by atomic mass is 9.98. The molecule has 0 unspecified atom stereocenters. The smallest absolute Gasteiger partial charge is 0.331 e. The number of fused-ring (bicyclic) bond motifs is 1. The first-order valence-electron chi connectivity index (χ1n) is 5.74. The minimum atomic E-state index is -0.900. The highest BCUT2D eigenvalue weighted by atomic mass is 16.4. The van der Waals surface area contributed by atoms with Gasteiger partial charge in [0.05, 0.1) is 0 Å². The lowest BCUT2D eigenvalue weighted by Crippen LogP contribution is -2.04. The van der Waals surface area contributed by atoms with Crippen molar-refractivity contribution in [2.45, 2.75) is 6.42 Å². The second-order valence-corrected chi connectivity index (χ2v) is 4.05. The van der Waals surface area contributed by atoms with Crippen LogP contribution in [-0.2, 0) is 11.2 Å². The predicted molar refractivity (Wildman–Crippen MR) is 73.6 cm³/mol. The highest BCUT2D eigenvalue weighted by Gasteiger charge is 2.09. The topological polar surface area (TPSA) is 37.3 Å². The van der Waals surface area contributed by atoms with Crippen molar-refractivity contribution >= 4 is 16.7 Å². The maximum absolute atomic E-state index is 11.1. The van der Waals surface area contributed by atoms with Gasteiger partial charge in [-0.25, -0.2) is 4.79 Å². The van der Waals surface area contributed by atoms with Crippen LogP contribution >= 0.6 is 0 Å². The van der Waals surface area contributed by atoms with Crippen LogP contribution in [0.1, 0.15) is 5.56 Å². The largest absolute Gasteiger partial charge is 0.478 e. The second-order valence-electron chi connectivity index (χ2n) is 4.05. The Morgan fingerprint density at radius 3 is 2.61 bits per heavy atom. The van der Waals surface area contributed by atoms with Gasteiger partial charge in [-0.2, -0.15) is 0 Å². The molecule has 0 radical (unpaired) electrons. The summed E-state index contributed by atoms with van der Waals surface area (Å²) < 4.78 is 0. The first kappa shape index (κ1) is 12.1. The van der Waals surface area contributed by atoms with Gasteiger partial charge in [-0.05, 0) is 16.3 Å². The molecule has 18 heavy (non-hydrogen) atoms. The third-order valence-electron chi connectivity index (χ3n) is 2.85. The number of benzene rings is 2. The maximum Gasteiger partial charge on any atom is 0.331 e. The highest BCUT2D eigenvalue weighted by Crippen LogP contribution is 2.21. The van der Waals surface area contributed by atoms with E-state index in [-0.39, 0.29) is 0 Å². The summed E-state index contributed by atoms with van der Waals surface area (Å²) >= 11 is 0. The summed E-state index contributed by atoms with van der Waals surface area (Å²) in [5.41, 5.74) is 1.37. The van der Waals surface area contributed by atoms with Gasteiger partial charge in [0.25, 0.3) is 0 Å². The molecule has 2 aromatic carbocycles. The van der Waals surface area contributed by atoms with Crippen molar-refractivity contribution in [3.8, 4) is 0 Å². The molecule has 2 nitrogen and oxygen atoms in total. The molecular formula is C16H14O2. The molecule has 0 aliphatic rings. The molecule has 2 rings (SSSR count). The van der Waals surface area contributed by atoms with Crippen LogP contribution in [0, 0.1) is 0 Å². The first-order chi connectivity index (χ1) is 8.72. The van der Waals surface area contributed by atoms with E-state index < -0.39 is 5.97 Å². The fourth-order valence-corrected chi connectivity index (χ4v) is 2.00. The fraction of sp³-hybridized carbons (Fsp3) is 0.0625. The molecule has 0 aromatic heterocycles. The summed E-state index contributed by atoms with van der Waals surface area (Å²) in [7, 11) is 0. The van der Waals surface area contributed by atoms with Crippen LogP contribution in [-0.4, -0.2) is 11.1 Å². The summed E-state index contributed by atoms with van der Waals surface area (Å²) in [5, 5.41) is 11.3. The molecule has 0 fully saturated rings. The van der Waals surface area contributed by atoms with Gasteiger partial charge in [-0.3, -0.25) is 0 Å². The van der Waals surface area contributed by atoms with Crippen molar-refractivity contribution in [1.82, 2.24) is 0 Å². The van der Waals surface area contributed by atoms with Crippen LogP contribution in [0.15, 0.2) is 66.8 Å². The van der Waals surface area contributed by atoms with Gasteiger partial charge in [-0.15, -0.1) is 0 Å². The minimum absolute atomic E-state index is 0.348. The van der Waals surface area contributed by atoms with Gasteiger partial charge in [0.15, 0.2) is 0 Å². The fourth-order valence-electron chi connectivity index (χ4n) is 2.00. The van der Waals surface area contributed by atoms with E-state index in [1.54, 1.807) is 6.08 Å². The first-order valence-corrected chi connectivity index (χ1v) is 5.74. The lowest BCUT2D eigenvalue weighted by Gasteiger charge is -2.06. The normalized spacial score (nSPS) is 11.4. The zero-order chi connectivity index (χ0) is 13.0. The van der Waals surface area contributed by atoms with Gasteiger partial charge in [-0.1, -0.05) is 61.2 Å². The van der Waals surface area contributed by atoms with Crippen LogP contribution in [0.3, 0.4) is 0 Å². The molecule has 0 amide bonds. The van der Waals surface area contributed by atoms with Crippen molar-refractivity contribution in [2.24, 2.45) is 0 Å². The molecule has 0 heterocycles. The molecule has 2 aromatic rings. The van der Waals surface area contributed by atoms with E-state index in [1.807, 2.05) is 42.5 Å². The number of hydrogen-bond acceptors (Lipinski definition) is 1. The van der Waals surface area contributed by atoms with Crippen LogP contribution in [0.2, 0.25) is 0 Å². The number of rotatable bonds is 4. The molecule has 0 saturated carbocycles. The summed E-state index contributed by atoms with van der Waals surface area (Å²) in [6, 6.07) is 13.9. The Morgan fingerprint density at radius 2 is 1.89 bits per heavy atom. The summed E-state index contributed by atoms with van der Waals surface area (Å²) in [4.78, 5) is 11.1.